The second kappa shape index (κ2) is 10.5. The molecule has 1 saturated heterocycles. The number of carbonyl (C=O) groups excluding carboxylic acids is 2. The van der Waals surface area contributed by atoms with E-state index in [1.165, 1.54) is 4.90 Å². The summed E-state index contributed by atoms with van der Waals surface area (Å²) < 4.78 is 22.6. The van der Waals surface area contributed by atoms with Crippen molar-refractivity contribution in [1.29, 1.82) is 0 Å². The van der Waals surface area contributed by atoms with E-state index in [0.717, 1.165) is 11.5 Å². The first kappa shape index (κ1) is 23.6. The second-order valence-corrected chi connectivity index (χ2v) is 7.87. The summed E-state index contributed by atoms with van der Waals surface area (Å²) >= 11 is 0. The van der Waals surface area contributed by atoms with Crippen LogP contribution in [0.5, 0.6) is 11.5 Å². The molecule has 5 atom stereocenters. The van der Waals surface area contributed by atoms with Crippen molar-refractivity contribution in [3.05, 3.63) is 24.3 Å². The SMILES string of the molecule is COC1CC2NC(=O)N(CCNCC3COc4ccccc4O3)C(=O)C2CC1OC.Cl. The van der Waals surface area contributed by atoms with Crippen LogP contribution in [0, 0.1) is 5.92 Å². The van der Waals surface area contributed by atoms with Crippen LogP contribution in [0.15, 0.2) is 24.3 Å². The number of halogens is 1. The number of methoxy groups -OCH3 is 2. The van der Waals surface area contributed by atoms with Crippen LogP contribution in [-0.4, -0.2) is 81.7 Å². The zero-order chi connectivity index (χ0) is 21.1. The van der Waals surface area contributed by atoms with E-state index in [0.29, 0.717) is 39.1 Å². The molecule has 1 aromatic carbocycles. The molecule has 0 aromatic heterocycles. The molecule has 31 heavy (non-hydrogen) atoms. The van der Waals surface area contributed by atoms with Gasteiger partial charge < -0.3 is 29.6 Å². The topological polar surface area (TPSA) is 98.4 Å². The average molecular weight is 456 g/mol. The van der Waals surface area contributed by atoms with Crippen molar-refractivity contribution in [3.63, 3.8) is 0 Å². The molecule has 3 aliphatic rings. The fourth-order valence-corrected chi connectivity index (χ4v) is 4.43. The van der Waals surface area contributed by atoms with Crippen LogP contribution >= 0.6 is 12.4 Å². The molecule has 5 unspecified atom stereocenters. The van der Waals surface area contributed by atoms with Crippen molar-refractivity contribution in [2.45, 2.75) is 37.2 Å². The van der Waals surface area contributed by atoms with E-state index in [1.54, 1.807) is 14.2 Å². The van der Waals surface area contributed by atoms with Gasteiger partial charge in [0, 0.05) is 39.9 Å². The molecule has 2 aliphatic heterocycles. The van der Waals surface area contributed by atoms with E-state index in [-0.39, 0.29) is 54.6 Å². The van der Waals surface area contributed by atoms with E-state index < -0.39 is 0 Å². The summed E-state index contributed by atoms with van der Waals surface area (Å²) in [5, 5.41) is 6.23. The van der Waals surface area contributed by atoms with Crippen molar-refractivity contribution in [1.82, 2.24) is 15.5 Å². The number of benzene rings is 1. The lowest BCUT2D eigenvalue weighted by molar-refractivity contribution is -0.144. The molecule has 0 bridgehead atoms. The minimum absolute atomic E-state index is 0. The molecule has 1 saturated carbocycles. The van der Waals surface area contributed by atoms with Crippen LogP contribution in [-0.2, 0) is 14.3 Å². The summed E-state index contributed by atoms with van der Waals surface area (Å²) in [6.45, 7) is 1.79. The fourth-order valence-electron chi connectivity index (χ4n) is 4.43. The number of ether oxygens (including phenoxy) is 4. The minimum atomic E-state index is -0.347. The van der Waals surface area contributed by atoms with Gasteiger partial charge in [0.05, 0.1) is 18.1 Å². The van der Waals surface area contributed by atoms with E-state index >= 15 is 0 Å². The Bertz CT molecular complexity index is 781. The molecule has 2 N–H and O–H groups in total. The highest BCUT2D eigenvalue weighted by atomic mass is 35.5. The number of hydrogen-bond donors (Lipinski definition) is 2. The Morgan fingerprint density at radius 2 is 1.84 bits per heavy atom. The highest BCUT2D eigenvalue weighted by Crippen LogP contribution is 2.33. The van der Waals surface area contributed by atoms with E-state index in [4.69, 9.17) is 18.9 Å². The highest BCUT2D eigenvalue weighted by molar-refractivity contribution is 5.98. The number of fused-ring (bicyclic) bond motifs is 2. The number of amides is 3. The Morgan fingerprint density at radius 3 is 2.58 bits per heavy atom. The highest BCUT2D eigenvalue weighted by Gasteiger charge is 2.47. The Hall–Kier alpha value is -2.07. The van der Waals surface area contributed by atoms with Crippen LogP contribution in [0.2, 0.25) is 0 Å². The number of nitrogens with one attached hydrogen (secondary N) is 2. The predicted octanol–water partition coefficient (Wildman–Crippen LogP) is 1.20. The van der Waals surface area contributed by atoms with Crippen molar-refractivity contribution >= 4 is 24.3 Å². The molecule has 172 valence electrons. The van der Waals surface area contributed by atoms with Gasteiger partial charge in [-0.2, -0.15) is 0 Å². The largest absolute Gasteiger partial charge is 0.486 e. The molecular formula is C21H30ClN3O6. The number of imide groups is 1. The van der Waals surface area contributed by atoms with E-state index in [9.17, 15) is 9.59 Å². The first-order chi connectivity index (χ1) is 14.6. The molecule has 2 heterocycles. The number of carbonyl (C=O) groups is 2. The lowest BCUT2D eigenvalue weighted by Gasteiger charge is -2.44. The third kappa shape index (κ3) is 5.06. The standard InChI is InChI=1S/C21H29N3O6.ClH/c1-27-18-9-14-15(10-19(18)28-2)23-21(26)24(20(14)25)8-7-22-11-13-12-29-16-5-3-4-6-17(16)30-13;/h3-6,13-15,18-19,22H,7-12H2,1-2H3,(H,23,26);1H. The van der Waals surface area contributed by atoms with Gasteiger partial charge >= 0.3 is 6.03 Å². The first-order valence-electron chi connectivity index (χ1n) is 10.4. The summed E-state index contributed by atoms with van der Waals surface area (Å²) in [5.41, 5.74) is 0. The summed E-state index contributed by atoms with van der Waals surface area (Å²) in [5.74, 6) is 1.04. The van der Waals surface area contributed by atoms with Crippen LogP contribution in [0.1, 0.15) is 12.8 Å². The summed E-state index contributed by atoms with van der Waals surface area (Å²) in [7, 11) is 3.25. The Morgan fingerprint density at radius 1 is 1.13 bits per heavy atom. The van der Waals surface area contributed by atoms with Gasteiger partial charge in [-0.3, -0.25) is 9.69 Å². The van der Waals surface area contributed by atoms with Gasteiger partial charge in [-0.15, -0.1) is 12.4 Å². The number of nitrogens with zero attached hydrogens (tertiary/aromatic N) is 1. The molecule has 2 fully saturated rings. The lowest BCUT2D eigenvalue weighted by atomic mass is 9.79. The Balaban J connectivity index is 0.00000272. The van der Waals surface area contributed by atoms with E-state index in [1.807, 2.05) is 24.3 Å². The van der Waals surface area contributed by atoms with Crippen LogP contribution in [0.25, 0.3) is 0 Å². The van der Waals surface area contributed by atoms with Gasteiger partial charge in [0.25, 0.3) is 0 Å². The zero-order valence-corrected chi connectivity index (χ0v) is 18.6. The van der Waals surface area contributed by atoms with E-state index in [2.05, 4.69) is 10.6 Å². The summed E-state index contributed by atoms with van der Waals surface area (Å²) in [4.78, 5) is 26.7. The molecule has 0 spiro atoms. The first-order valence-corrected chi connectivity index (χ1v) is 10.4. The predicted molar refractivity (Wildman–Crippen MR) is 115 cm³/mol. The van der Waals surface area contributed by atoms with Crippen LogP contribution < -0.4 is 20.1 Å². The maximum Gasteiger partial charge on any atom is 0.324 e. The van der Waals surface area contributed by atoms with Crippen LogP contribution in [0.3, 0.4) is 0 Å². The summed E-state index contributed by atoms with van der Waals surface area (Å²) in [6.07, 6.45) is 0.711. The monoisotopic (exact) mass is 455 g/mol. The minimum Gasteiger partial charge on any atom is -0.486 e. The average Bonchev–Trinajstić information content (AvgIpc) is 2.77. The third-order valence-electron chi connectivity index (χ3n) is 6.07. The molecular weight excluding hydrogens is 426 g/mol. The van der Waals surface area contributed by atoms with Crippen molar-refractivity contribution < 1.29 is 28.5 Å². The van der Waals surface area contributed by atoms with Crippen LogP contribution in [0.4, 0.5) is 4.79 Å². The molecule has 1 aromatic rings. The van der Waals surface area contributed by atoms with Gasteiger partial charge in [0.2, 0.25) is 5.91 Å². The van der Waals surface area contributed by atoms with Gasteiger partial charge in [0.1, 0.15) is 12.7 Å². The molecule has 3 amide bonds. The molecule has 4 rings (SSSR count). The molecule has 1 aliphatic carbocycles. The molecule has 9 nitrogen and oxygen atoms in total. The Labute approximate surface area is 188 Å². The normalized spacial score (nSPS) is 29.6. The molecule has 0 radical (unpaired) electrons. The smallest absolute Gasteiger partial charge is 0.324 e. The maximum atomic E-state index is 13.0. The maximum absolute atomic E-state index is 13.0. The fraction of sp³-hybridized carbons (Fsp3) is 0.619. The van der Waals surface area contributed by atoms with Gasteiger partial charge in [0.15, 0.2) is 11.5 Å². The number of rotatable bonds is 7. The number of para-hydroxylation sites is 2. The van der Waals surface area contributed by atoms with Gasteiger partial charge in [-0.05, 0) is 25.0 Å². The van der Waals surface area contributed by atoms with Crippen molar-refractivity contribution in [2.75, 3.05) is 40.5 Å². The van der Waals surface area contributed by atoms with Crippen molar-refractivity contribution in [3.8, 4) is 11.5 Å². The third-order valence-corrected chi connectivity index (χ3v) is 6.07. The zero-order valence-electron chi connectivity index (χ0n) is 17.7. The number of urea groups is 1. The summed E-state index contributed by atoms with van der Waals surface area (Å²) in [6, 6.07) is 7.00. The molecule has 10 heteroatoms. The van der Waals surface area contributed by atoms with Gasteiger partial charge in [-0.25, -0.2) is 4.79 Å². The second-order valence-electron chi connectivity index (χ2n) is 7.87. The van der Waals surface area contributed by atoms with Gasteiger partial charge in [-0.1, -0.05) is 12.1 Å². The Kier molecular flexibility index (Phi) is 7.99. The van der Waals surface area contributed by atoms with Crippen molar-refractivity contribution in [2.24, 2.45) is 5.92 Å². The number of hydrogen-bond acceptors (Lipinski definition) is 7. The lowest BCUT2D eigenvalue weighted by Crippen LogP contribution is -2.64. The quantitative estimate of drug-likeness (QED) is 0.596.